The van der Waals surface area contributed by atoms with E-state index in [1.165, 1.54) is 24.0 Å². The van der Waals surface area contributed by atoms with E-state index in [0.29, 0.717) is 24.5 Å². The van der Waals surface area contributed by atoms with Crippen LogP contribution in [0.2, 0.25) is 0 Å². The molecule has 228 valence electrons. The van der Waals surface area contributed by atoms with Gasteiger partial charge in [0.1, 0.15) is 11.5 Å². The van der Waals surface area contributed by atoms with Gasteiger partial charge in [-0.1, -0.05) is 52.0 Å². The first-order chi connectivity index (χ1) is 19.4. The molecular formula is C31H46N2O7S. The third-order valence-electron chi connectivity index (χ3n) is 6.58. The molecule has 1 unspecified atom stereocenters. The predicted octanol–water partition coefficient (Wildman–Crippen LogP) is 4.77. The third-order valence-corrected chi connectivity index (χ3v) is 9.11. The molecule has 0 spiro atoms. The van der Waals surface area contributed by atoms with Crippen LogP contribution < -0.4 is 10.5 Å². The van der Waals surface area contributed by atoms with E-state index in [1.54, 1.807) is 25.1 Å². The van der Waals surface area contributed by atoms with Gasteiger partial charge >= 0.3 is 0 Å². The van der Waals surface area contributed by atoms with Crippen molar-refractivity contribution in [3.63, 3.8) is 0 Å². The number of sulfone groups is 1. The number of nitrogens with two attached hydrogens (primary N) is 1. The number of primary amides is 1. The van der Waals surface area contributed by atoms with E-state index in [-0.39, 0.29) is 55.1 Å². The summed E-state index contributed by atoms with van der Waals surface area (Å²) in [6, 6.07) is 6.15. The molecule has 41 heavy (non-hydrogen) atoms. The maximum absolute atomic E-state index is 12.9. The summed E-state index contributed by atoms with van der Waals surface area (Å²) < 4.78 is 35.0. The monoisotopic (exact) mass is 590 g/mol. The maximum Gasteiger partial charge on any atom is 0.239 e. The van der Waals surface area contributed by atoms with Crippen LogP contribution >= 0.6 is 0 Å². The van der Waals surface area contributed by atoms with Crippen LogP contribution in [0.3, 0.4) is 0 Å². The van der Waals surface area contributed by atoms with Crippen molar-refractivity contribution in [3.8, 4) is 5.75 Å². The molecule has 0 radical (unpaired) electrons. The second-order valence-corrected chi connectivity index (χ2v) is 12.2. The fraction of sp³-hybridized carbons (Fsp3) is 0.516. The number of benzene rings is 1. The zero-order valence-corrected chi connectivity index (χ0v) is 25.9. The molecule has 1 atom stereocenters. The number of ketones is 1. The van der Waals surface area contributed by atoms with Gasteiger partial charge in [-0.3, -0.25) is 14.4 Å². The van der Waals surface area contributed by atoms with Gasteiger partial charge in [0.15, 0.2) is 14.6 Å². The summed E-state index contributed by atoms with van der Waals surface area (Å²) in [5.74, 6) is -0.0596. The number of carbonyl (C=O) groups is 3. The van der Waals surface area contributed by atoms with E-state index in [4.69, 9.17) is 15.2 Å². The summed E-state index contributed by atoms with van der Waals surface area (Å²) in [7, 11) is -3.87. The number of amides is 2. The van der Waals surface area contributed by atoms with Gasteiger partial charge in [0.05, 0.1) is 18.0 Å². The topological polar surface area (TPSA) is 133 Å². The quantitative estimate of drug-likeness (QED) is 0.187. The zero-order valence-electron chi connectivity index (χ0n) is 25.1. The molecule has 1 saturated heterocycles. The van der Waals surface area contributed by atoms with Gasteiger partial charge in [-0.05, 0) is 69.4 Å². The highest BCUT2D eigenvalue weighted by Crippen LogP contribution is 2.35. The fourth-order valence-corrected chi connectivity index (χ4v) is 6.02. The van der Waals surface area contributed by atoms with E-state index in [1.807, 2.05) is 32.1 Å². The molecule has 1 aromatic rings. The molecule has 0 saturated carbocycles. The summed E-state index contributed by atoms with van der Waals surface area (Å²) in [6.45, 7) is 14.3. The standard InChI is InChI=1S/C16H23NO5S.C15H23NO2/c1-2-3-10-22-13-4-6-14(7-5-13)23(19,20)16(15(17)18)8-11-21-12-9-16;1-6-8-12(3)9-10-13(4)16(11-14(5)17)15(18)7-2/h4-7H,2-3,8-12H2,1H3,(H2,17,18);6,8-10,12H,4,7,11H2,1-3,5H3/b;8-6-,10-9?. The molecule has 0 aromatic heterocycles. The van der Waals surface area contributed by atoms with Crippen molar-refractivity contribution < 1.29 is 32.3 Å². The van der Waals surface area contributed by atoms with Gasteiger partial charge in [0.25, 0.3) is 0 Å². The third kappa shape index (κ3) is 10.6. The van der Waals surface area contributed by atoms with Crippen LogP contribution in [0.1, 0.15) is 66.7 Å². The average Bonchev–Trinajstić information content (AvgIpc) is 2.95. The summed E-state index contributed by atoms with van der Waals surface area (Å²) in [6.07, 6.45) is 10.3. The molecule has 1 fully saturated rings. The van der Waals surface area contributed by atoms with Crippen molar-refractivity contribution in [2.75, 3.05) is 26.4 Å². The Morgan fingerprint density at radius 1 is 1.15 bits per heavy atom. The minimum Gasteiger partial charge on any atom is -0.494 e. The fourth-order valence-electron chi connectivity index (χ4n) is 4.11. The van der Waals surface area contributed by atoms with Crippen LogP contribution in [0.15, 0.2) is 65.7 Å². The first kappa shape index (κ1) is 35.8. The largest absolute Gasteiger partial charge is 0.494 e. The van der Waals surface area contributed by atoms with Crippen molar-refractivity contribution in [1.82, 2.24) is 4.90 Å². The molecule has 0 aliphatic carbocycles. The first-order valence-corrected chi connectivity index (χ1v) is 15.5. The molecule has 1 heterocycles. The lowest BCUT2D eigenvalue weighted by molar-refractivity contribution is -0.132. The second-order valence-electron chi connectivity index (χ2n) is 9.92. The predicted molar refractivity (Wildman–Crippen MR) is 161 cm³/mol. The summed E-state index contributed by atoms with van der Waals surface area (Å²) in [5.41, 5.74) is 6.00. The highest BCUT2D eigenvalue weighted by molar-refractivity contribution is 7.93. The number of nitrogens with zero attached hydrogens (tertiary/aromatic N) is 1. The smallest absolute Gasteiger partial charge is 0.239 e. The van der Waals surface area contributed by atoms with Crippen molar-refractivity contribution in [3.05, 3.63) is 60.8 Å². The van der Waals surface area contributed by atoms with Gasteiger partial charge in [0, 0.05) is 25.3 Å². The van der Waals surface area contributed by atoms with E-state index in [2.05, 4.69) is 13.5 Å². The molecule has 1 aliphatic heterocycles. The van der Waals surface area contributed by atoms with Crippen molar-refractivity contribution >= 4 is 27.4 Å². The summed E-state index contributed by atoms with van der Waals surface area (Å²) >= 11 is 0. The Labute approximate surface area is 245 Å². The summed E-state index contributed by atoms with van der Waals surface area (Å²) in [4.78, 5) is 36.3. The highest BCUT2D eigenvalue weighted by Gasteiger charge is 2.51. The number of ether oxygens (including phenoxy) is 2. The van der Waals surface area contributed by atoms with Gasteiger partial charge in [0.2, 0.25) is 11.8 Å². The van der Waals surface area contributed by atoms with Crippen molar-refractivity contribution in [2.24, 2.45) is 11.7 Å². The van der Waals surface area contributed by atoms with Crippen molar-refractivity contribution in [2.45, 2.75) is 76.4 Å². The molecule has 1 aromatic carbocycles. The lowest BCUT2D eigenvalue weighted by Gasteiger charge is -2.33. The summed E-state index contributed by atoms with van der Waals surface area (Å²) in [5, 5.41) is 0. The molecule has 9 nitrogen and oxygen atoms in total. The Hall–Kier alpha value is -3.24. The van der Waals surface area contributed by atoms with Crippen LogP contribution in [0, 0.1) is 5.92 Å². The molecule has 0 bridgehead atoms. The Morgan fingerprint density at radius 2 is 1.76 bits per heavy atom. The number of hydrogen-bond acceptors (Lipinski definition) is 7. The highest BCUT2D eigenvalue weighted by atomic mass is 32.2. The number of allylic oxidation sites excluding steroid dienone is 4. The minimum atomic E-state index is -3.87. The van der Waals surface area contributed by atoms with E-state index >= 15 is 0 Å². The van der Waals surface area contributed by atoms with Gasteiger partial charge in [-0.25, -0.2) is 8.42 Å². The van der Waals surface area contributed by atoms with E-state index < -0.39 is 20.5 Å². The number of hydrogen-bond donors (Lipinski definition) is 1. The number of rotatable bonds is 14. The Balaban J connectivity index is 0.000000425. The molecule has 2 rings (SSSR count). The Bertz CT molecular complexity index is 1180. The molecular weight excluding hydrogens is 544 g/mol. The first-order valence-electron chi connectivity index (χ1n) is 14.0. The zero-order chi connectivity index (χ0) is 31.1. The number of unbranched alkanes of at least 4 members (excludes halogenated alkanes) is 1. The van der Waals surface area contributed by atoms with Gasteiger partial charge in [-0.15, -0.1) is 0 Å². The van der Waals surface area contributed by atoms with Crippen LogP contribution in [-0.2, 0) is 29.0 Å². The average molecular weight is 591 g/mol. The normalized spacial score (nSPS) is 15.5. The van der Waals surface area contributed by atoms with Crippen molar-refractivity contribution in [1.29, 1.82) is 0 Å². The number of carbonyl (C=O) groups excluding carboxylic acids is 3. The van der Waals surface area contributed by atoms with Crippen LogP contribution in [-0.4, -0.2) is 62.0 Å². The second kappa shape index (κ2) is 17.5. The number of Topliss-reactive ketones (excluding diaryl/α,β-unsaturated/α-hetero) is 1. The molecule has 1 aliphatic rings. The van der Waals surface area contributed by atoms with Crippen LogP contribution in [0.4, 0.5) is 0 Å². The molecule has 2 N–H and O–H groups in total. The van der Waals surface area contributed by atoms with E-state index in [0.717, 1.165) is 12.8 Å². The maximum atomic E-state index is 12.9. The van der Waals surface area contributed by atoms with Gasteiger partial charge in [-0.2, -0.15) is 0 Å². The molecule has 2 amide bonds. The molecule has 10 heteroatoms. The lowest BCUT2D eigenvalue weighted by atomic mass is 9.98. The Kier molecular flexibility index (Phi) is 15.3. The SMILES string of the molecule is C=C(C=CC(C)/C=C\C)N(CC(C)=O)C(=O)CC.CCCCOc1ccc(S(=O)(=O)C2(C(N)=O)CCOCC2)cc1. The minimum absolute atomic E-state index is 0.0483. The van der Waals surface area contributed by atoms with Gasteiger partial charge < -0.3 is 20.1 Å². The Morgan fingerprint density at radius 3 is 2.24 bits per heavy atom. The lowest BCUT2D eigenvalue weighted by Crippen LogP contribution is -2.53. The van der Waals surface area contributed by atoms with E-state index in [9.17, 15) is 22.8 Å². The van der Waals surface area contributed by atoms with Crippen LogP contribution in [0.25, 0.3) is 0 Å². The van der Waals surface area contributed by atoms with Crippen LogP contribution in [0.5, 0.6) is 5.75 Å².